The molecule has 1 aliphatic rings. The minimum Gasteiger partial charge on any atom is -0.497 e. The zero-order valence-corrected chi connectivity index (χ0v) is 10.5. The quantitative estimate of drug-likeness (QED) is 0.865. The van der Waals surface area contributed by atoms with Crippen molar-refractivity contribution in [2.75, 3.05) is 12.4 Å². The Kier molecular flexibility index (Phi) is 2.83. The summed E-state index contributed by atoms with van der Waals surface area (Å²) in [6.45, 7) is 0. The van der Waals surface area contributed by atoms with Crippen LogP contribution in [0.15, 0.2) is 48.5 Å². The summed E-state index contributed by atoms with van der Waals surface area (Å²) in [5.41, 5.74) is 2.87. The minimum atomic E-state index is -0.188. The van der Waals surface area contributed by atoms with Crippen molar-refractivity contribution in [1.29, 1.82) is 0 Å². The number of hydrogen-bond acceptors (Lipinski definition) is 2. The molecule has 1 unspecified atom stereocenters. The summed E-state index contributed by atoms with van der Waals surface area (Å²) < 4.78 is 5.25. The maximum absolute atomic E-state index is 11.7. The summed E-state index contributed by atoms with van der Waals surface area (Å²) in [5, 5.41) is 5.74. The maximum Gasteiger partial charge on any atom is 0.320 e. The van der Waals surface area contributed by atoms with Crippen LogP contribution in [0.1, 0.15) is 17.2 Å². The van der Waals surface area contributed by atoms with E-state index < -0.39 is 0 Å². The lowest BCUT2D eigenvalue weighted by atomic mass is 9.95. The number of fused-ring (bicyclic) bond motifs is 1. The summed E-state index contributed by atoms with van der Waals surface area (Å²) in [6, 6.07) is 15.2. The Morgan fingerprint density at radius 1 is 1.11 bits per heavy atom. The van der Waals surface area contributed by atoms with Gasteiger partial charge in [0.15, 0.2) is 0 Å². The van der Waals surface area contributed by atoms with E-state index in [0.29, 0.717) is 0 Å². The van der Waals surface area contributed by atoms with Crippen LogP contribution in [0.3, 0.4) is 0 Å². The van der Waals surface area contributed by atoms with Crippen molar-refractivity contribution in [3.63, 3.8) is 0 Å². The molecule has 0 saturated heterocycles. The molecule has 0 radical (unpaired) electrons. The highest BCUT2D eigenvalue weighted by atomic mass is 16.5. The normalized spacial score (nSPS) is 17.1. The molecule has 96 valence electrons. The summed E-state index contributed by atoms with van der Waals surface area (Å²) in [5.74, 6) is 0.776. The number of benzene rings is 2. The van der Waals surface area contributed by atoms with Gasteiger partial charge in [-0.05, 0) is 23.8 Å². The molecule has 3 rings (SSSR count). The fourth-order valence-corrected chi connectivity index (χ4v) is 2.30. The Labute approximate surface area is 111 Å². The lowest BCUT2D eigenvalue weighted by molar-refractivity contribution is 0.249. The molecular weight excluding hydrogens is 240 g/mol. The van der Waals surface area contributed by atoms with Crippen LogP contribution >= 0.6 is 0 Å². The third-order valence-corrected chi connectivity index (χ3v) is 3.23. The van der Waals surface area contributed by atoms with E-state index in [0.717, 1.165) is 22.6 Å². The Bertz CT molecular complexity index is 611. The number of rotatable bonds is 2. The third-order valence-electron chi connectivity index (χ3n) is 3.23. The van der Waals surface area contributed by atoms with Crippen molar-refractivity contribution in [2.45, 2.75) is 6.04 Å². The second-order valence-corrected chi connectivity index (χ2v) is 4.40. The van der Waals surface area contributed by atoms with Gasteiger partial charge in [-0.25, -0.2) is 4.79 Å². The highest BCUT2D eigenvalue weighted by Gasteiger charge is 2.25. The number of hydrogen-bond donors (Lipinski definition) is 2. The van der Waals surface area contributed by atoms with Crippen LogP contribution < -0.4 is 15.4 Å². The molecule has 1 heterocycles. The van der Waals surface area contributed by atoms with Gasteiger partial charge in [0.2, 0.25) is 0 Å². The van der Waals surface area contributed by atoms with Gasteiger partial charge in [-0.2, -0.15) is 0 Å². The third kappa shape index (κ3) is 2.12. The molecule has 0 fully saturated rings. The van der Waals surface area contributed by atoms with Crippen LogP contribution in [-0.4, -0.2) is 13.1 Å². The minimum absolute atomic E-state index is 0.153. The molecule has 4 nitrogen and oxygen atoms in total. The first-order chi connectivity index (χ1) is 9.28. The lowest BCUT2D eigenvalue weighted by Crippen LogP contribution is -2.38. The number of carbonyl (C=O) groups is 1. The fourth-order valence-electron chi connectivity index (χ4n) is 2.30. The number of nitrogens with one attached hydrogen (secondary N) is 2. The monoisotopic (exact) mass is 254 g/mol. The van der Waals surface area contributed by atoms with E-state index in [4.69, 9.17) is 4.74 Å². The van der Waals surface area contributed by atoms with Crippen molar-refractivity contribution in [1.82, 2.24) is 5.32 Å². The van der Waals surface area contributed by atoms with Crippen molar-refractivity contribution >= 4 is 11.7 Å². The lowest BCUT2D eigenvalue weighted by Gasteiger charge is -2.28. The topological polar surface area (TPSA) is 50.4 Å². The first-order valence-electron chi connectivity index (χ1n) is 6.08. The highest BCUT2D eigenvalue weighted by molar-refractivity contribution is 5.93. The van der Waals surface area contributed by atoms with Gasteiger partial charge in [0.25, 0.3) is 0 Å². The van der Waals surface area contributed by atoms with Crippen LogP contribution in [0.2, 0.25) is 0 Å². The van der Waals surface area contributed by atoms with E-state index in [9.17, 15) is 4.79 Å². The molecule has 0 aromatic heterocycles. The molecule has 4 heteroatoms. The first-order valence-corrected chi connectivity index (χ1v) is 6.08. The van der Waals surface area contributed by atoms with Gasteiger partial charge in [-0.15, -0.1) is 0 Å². The standard InChI is InChI=1S/C15H14N2O2/c1-19-11-7-8-13-12(9-11)14(17-15(18)16-13)10-5-3-2-4-6-10/h2-9,14H,1H3,(H2,16,17,18). The molecular formula is C15H14N2O2. The van der Waals surface area contributed by atoms with Crippen LogP contribution in [0.25, 0.3) is 0 Å². The van der Waals surface area contributed by atoms with E-state index in [1.807, 2.05) is 48.5 Å². The number of urea groups is 1. The molecule has 0 spiro atoms. The van der Waals surface area contributed by atoms with Crippen molar-refractivity contribution in [2.24, 2.45) is 0 Å². The van der Waals surface area contributed by atoms with Crippen molar-refractivity contribution < 1.29 is 9.53 Å². The highest BCUT2D eigenvalue weighted by Crippen LogP contribution is 2.34. The Balaban J connectivity index is 2.10. The zero-order valence-electron chi connectivity index (χ0n) is 10.5. The number of amides is 2. The summed E-state index contributed by atoms with van der Waals surface area (Å²) in [4.78, 5) is 11.7. The summed E-state index contributed by atoms with van der Waals surface area (Å²) in [6.07, 6.45) is 0. The largest absolute Gasteiger partial charge is 0.497 e. The number of carbonyl (C=O) groups excluding carboxylic acids is 1. The predicted octanol–water partition coefficient (Wildman–Crippen LogP) is 2.92. The van der Waals surface area contributed by atoms with Crippen LogP contribution in [0.4, 0.5) is 10.5 Å². The molecule has 2 amide bonds. The number of methoxy groups -OCH3 is 1. The number of ether oxygens (including phenoxy) is 1. The smallest absolute Gasteiger partial charge is 0.320 e. The van der Waals surface area contributed by atoms with E-state index in [1.165, 1.54) is 0 Å². The van der Waals surface area contributed by atoms with E-state index >= 15 is 0 Å². The van der Waals surface area contributed by atoms with E-state index in [-0.39, 0.29) is 12.1 Å². The predicted molar refractivity (Wildman–Crippen MR) is 73.4 cm³/mol. The second-order valence-electron chi connectivity index (χ2n) is 4.40. The van der Waals surface area contributed by atoms with Gasteiger partial charge in [-0.1, -0.05) is 30.3 Å². The van der Waals surface area contributed by atoms with Crippen LogP contribution in [0, 0.1) is 0 Å². The molecule has 0 saturated carbocycles. The zero-order chi connectivity index (χ0) is 13.2. The van der Waals surface area contributed by atoms with Gasteiger partial charge in [0, 0.05) is 11.3 Å². The Morgan fingerprint density at radius 3 is 2.63 bits per heavy atom. The molecule has 0 aliphatic carbocycles. The molecule has 19 heavy (non-hydrogen) atoms. The molecule has 2 N–H and O–H groups in total. The average molecular weight is 254 g/mol. The van der Waals surface area contributed by atoms with Gasteiger partial charge in [0.1, 0.15) is 5.75 Å². The summed E-state index contributed by atoms with van der Waals surface area (Å²) in [7, 11) is 1.63. The average Bonchev–Trinajstić information content (AvgIpc) is 2.47. The van der Waals surface area contributed by atoms with E-state index in [2.05, 4.69) is 10.6 Å². The molecule has 2 aromatic carbocycles. The van der Waals surface area contributed by atoms with Crippen LogP contribution in [-0.2, 0) is 0 Å². The van der Waals surface area contributed by atoms with Crippen molar-refractivity contribution in [3.05, 3.63) is 59.7 Å². The number of anilines is 1. The molecule has 0 bridgehead atoms. The van der Waals surface area contributed by atoms with Gasteiger partial charge >= 0.3 is 6.03 Å². The Morgan fingerprint density at radius 2 is 1.89 bits per heavy atom. The first kappa shape index (κ1) is 11.6. The van der Waals surface area contributed by atoms with Gasteiger partial charge in [-0.3, -0.25) is 0 Å². The van der Waals surface area contributed by atoms with E-state index in [1.54, 1.807) is 7.11 Å². The maximum atomic E-state index is 11.7. The van der Waals surface area contributed by atoms with Crippen molar-refractivity contribution in [3.8, 4) is 5.75 Å². The molecule has 1 atom stereocenters. The molecule has 2 aromatic rings. The molecule has 1 aliphatic heterocycles. The SMILES string of the molecule is COc1ccc2c(c1)C(c1ccccc1)NC(=O)N2. The van der Waals surface area contributed by atoms with Gasteiger partial charge < -0.3 is 15.4 Å². The second kappa shape index (κ2) is 4.65. The fraction of sp³-hybridized carbons (Fsp3) is 0.133. The van der Waals surface area contributed by atoms with Crippen LogP contribution in [0.5, 0.6) is 5.75 Å². The Hall–Kier alpha value is -2.49. The van der Waals surface area contributed by atoms with Gasteiger partial charge in [0.05, 0.1) is 13.2 Å². The summed E-state index contributed by atoms with van der Waals surface area (Å²) >= 11 is 0.